The molecule has 1 nitrogen and oxygen atoms in total. The Labute approximate surface area is 160 Å². The van der Waals surface area contributed by atoms with Crippen molar-refractivity contribution in [2.45, 2.75) is 86.1 Å². The summed E-state index contributed by atoms with van der Waals surface area (Å²) in [5.74, 6) is -0.373. The number of hydrogen-bond donors (Lipinski definition) is 1. The van der Waals surface area contributed by atoms with Crippen molar-refractivity contribution in [3.63, 3.8) is 0 Å². The molecule has 1 unspecified atom stereocenters. The highest BCUT2D eigenvalue weighted by Crippen LogP contribution is 2.22. The highest BCUT2D eigenvalue weighted by atomic mass is 19.1. The van der Waals surface area contributed by atoms with E-state index in [4.69, 9.17) is 5.73 Å². The zero-order chi connectivity index (χ0) is 20.3. The predicted octanol–water partition coefficient (Wildman–Crippen LogP) is 7.05. The standard InChI is InChI=1S/C15H23F2N.C8H16/c1-3-5-11(6-4-2)15(18)10-12-9-13(16)7-8-14(12)17;1-7(2)6-8(3,4)5/h7-9,11,15H,3-6,10,18H2,1-2H3;1,6H2,2-5H3. The molecule has 150 valence electrons. The summed E-state index contributed by atoms with van der Waals surface area (Å²) < 4.78 is 26.6. The Morgan fingerprint density at radius 3 is 2.04 bits per heavy atom. The van der Waals surface area contributed by atoms with Gasteiger partial charge in [0.05, 0.1) is 0 Å². The van der Waals surface area contributed by atoms with Gasteiger partial charge in [-0.3, -0.25) is 0 Å². The van der Waals surface area contributed by atoms with Gasteiger partial charge >= 0.3 is 0 Å². The zero-order valence-electron chi connectivity index (χ0n) is 17.7. The van der Waals surface area contributed by atoms with Crippen LogP contribution in [0.15, 0.2) is 30.4 Å². The van der Waals surface area contributed by atoms with Gasteiger partial charge < -0.3 is 5.73 Å². The second-order valence-corrected chi connectivity index (χ2v) is 8.64. The Bertz CT molecular complexity index is 525. The molecule has 0 spiro atoms. The van der Waals surface area contributed by atoms with Gasteiger partial charge in [-0.1, -0.05) is 53.0 Å². The first-order chi connectivity index (χ1) is 12.0. The van der Waals surface area contributed by atoms with Crippen LogP contribution < -0.4 is 5.73 Å². The number of halogens is 2. The third-order valence-electron chi connectivity index (χ3n) is 4.22. The van der Waals surface area contributed by atoms with Crippen LogP contribution in [0.3, 0.4) is 0 Å². The van der Waals surface area contributed by atoms with Crippen LogP contribution in [0, 0.1) is 23.0 Å². The minimum absolute atomic E-state index is 0.0961. The number of rotatable bonds is 8. The van der Waals surface area contributed by atoms with Crippen LogP contribution in [0.4, 0.5) is 8.78 Å². The summed E-state index contributed by atoms with van der Waals surface area (Å²) in [5, 5.41) is 0. The van der Waals surface area contributed by atoms with E-state index in [0.717, 1.165) is 38.2 Å². The smallest absolute Gasteiger partial charge is 0.126 e. The zero-order valence-corrected chi connectivity index (χ0v) is 17.7. The molecular formula is C23H39F2N. The SMILES string of the molecule is C=C(C)CC(C)(C)C.CCCC(CCC)C(N)Cc1cc(F)ccc1F. The summed E-state index contributed by atoms with van der Waals surface area (Å²) in [5.41, 5.74) is 8.24. The van der Waals surface area contributed by atoms with Crippen LogP contribution in [0.25, 0.3) is 0 Å². The van der Waals surface area contributed by atoms with Crippen LogP contribution in [0.1, 0.15) is 79.2 Å². The predicted molar refractivity (Wildman–Crippen MR) is 110 cm³/mol. The molecule has 0 aliphatic heterocycles. The lowest BCUT2D eigenvalue weighted by Gasteiger charge is -2.23. The largest absolute Gasteiger partial charge is 0.327 e. The molecule has 0 amide bonds. The topological polar surface area (TPSA) is 26.0 Å². The molecule has 0 fully saturated rings. The lowest BCUT2D eigenvalue weighted by Crippen LogP contribution is -2.32. The molecule has 0 aromatic heterocycles. The van der Waals surface area contributed by atoms with Crippen molar-refractivity contribution in [3.8, 4) is 0 Å². The first-order valence-electron chi connectivity index (χ1n) is 9.84. The molecule has 0 aliphatic carbocycles. The number of hydrogen-bond acceptors (Lipinski definition) is 1. The molecule has 0 heterocycles. The average molecular weight is 368 g/mol. The van der Waals surface area contributed by atoms with Crippen molar-refractivity contribution >= 4 is 0 Å². The first kappa shape index (κ1) is 24.8. The monoisotopic (exact) mass is 367 g/mol. The van der Waals surface area contributed by atoms with E-state index in [-0.39, 0.29) is 11.9 Å². The molecule has 0 bridgehead atoms. The fraction of sp³-hybridized carbons (Fsp3) is 0.652. The molecular weight excluding hydrogens is 328 g/mol. The molecule has 0 radical (unpaired) electrons. The van der Waals surface area contributed by atoms with Gasteiger partial charge in [0.25, 0.3) is 0 Å². The van der Waals surface area contributed by atoms with Gasteiger partial charge in [-0.05, 0) is 67.7 Å². The van der Waals surface area contributed by atoms with E-state index in [9.17, 15) is 8.78 Å². The summed E-state index contributed by atoms with van der Waals surface area (Å²) in [6.45, 7) is 16.8. The Hall–Kier alpha value is -1.22. The van der Waals surface area contributed by atoms with E-state index >= 15 is 0 Å². The molecule has 1 aromatic rings. The summed E-state index contributed by atoms with van der Waals surface area (Å²) in [7, 11) is 0. The van der Waals surface area contributed by atoms with Crippen molar-refractivity contribution < 1.29 is 8.78 Å². The van der Waals surface area contributed by atoms with E-state index < -0.39 is 5.82 Å². The quantitative estimate of drug-likeness (QED) is 0.489. The Morgan fingerprint density at radius 2 is 1.65 bits per heavy atom. The Morgan fingerprint density at radius 1 is 1.12 bits per heavy atom. The van der Waals surface area contributed by atoms with Crippen molar-refractivity contribution in [2.24, 2.45) is 17.1 Å². The van der Waals surface area contributed by atoms with E-state index in [1.807, 2.05) is 0 Å². The first-order valence-corrected chi connectivity index (χ1v) is 9.84. The van der Waals surface area contributed by atoms with Crippen LogP contribution in [-0.2, 0) is 6.42 Å². The van der Waals surface area contributed by atoms with Crippen molar-refractivity contribution in [1.29, 1.82) is 0 Å². The third-order valence-corrected chi connectivity index (χ3v) is 4.22. The van der Waals surface area contributed by atoms with Gasteiger partial charge in [0.15, 0.2) is 0 Å². The van der Waals surface area contributed by atoms with Crippen molar-refractivity contribution in [3.05, 3.63) is 47.5 Å². The van der Waals surface area contributed by atoms with Crippen LogP contribution >= 0.6 is 0 Å². The number of nitrogens with two attached hydrogens (primary N) is 1. The molecule has 0 saturated heterocycles. The fourth-order valence-corrected chi connectivity index (χ4v) is 3.34. The van der Waals surface area contributed by atoms with E-state index in [0.29, 0.717) is 23.3 Å². The maximum atomic E-state index is 13.5. The lowest BCUT2D eigenvalue weighted by molar-refractivity contribution is 0.357. The van der Waals surface area contributed by atoms with Crippen molar-refractivity contribution in [1.82, 2.24) is 0 Å². The maximum Gasteiger partial charge on any atom is 0.126 e. The van der Waals surface area contributed by atoms with E-state index in [1.165, 1.54) is 17.7 Å². The highest BCUT2D eigenvalue weighted by Gasteiger charge is 2.18. The van der Waals surface area contributed by atoms with Gasteiger partial charge in [-0.25, -0.2) is 8.78 Å². The average Bonchev–Trinajstić information content (AvgIpc) is 2.49. The number of allylic oxidation sites excluding steroid dienone is 1. The summed E-state index contributed by atoms with van der Waals surface area (Å²) in [6.07, 6.45) is 5.78. The molecule has 1 aromatic carbocycles. The normalized spacial score (nSPS) is 12.5. The molecule has 0 aliphatic rings. The van der Waals surface area contributed by atoms with Crippen LogP contribution in [0.2, 0.25) is 0 Å². The van der Waals surface area contributed by atoms with Gasteiger partial charge in [-0.2, -0.15) is 0 Å². The van der Waals surface area contributed by atoms with Crippen LogP contribution in [0.5, 0.6) is 0 Å². The summed E-state index contributed by atoms with van der Waals surface area (Å²) >= 11 is 0. The Kier molecular flexibility index (Phi) is 11.6. The summed E-state index contributed by atoms with van der Waals surface area (Å²) in [6, 6.07) is 3.47. The fourth-order valence-electron chi connectivity index (χ4n) is 3.34. The highest BCUT2D eigenvalue weighted by molar-refractivity contribution is 5.19. The molecule has 26 heavy (non-hydrogen) atoms. The molecule has 3 heteroatoms. The minimum Gasteiger partial charge on any atom is -0.327 e. The van der Waals surface area contributed by atoms with Gasteiger partial charge in [0.1, 0.15) is 11.6 Å². The van der Waals surface area contributed by atoms with Gasteiger partial charge in [0, 0.05) is 6.04 Å². The van der Waals surface area contributed by atoms with Crippen LogP contribution in [-0.4, -0.2) is 6.04 Å². The molecule has 1 atom stereocenters. The van der Waals surface area contributed by atoms with E-state index in [1.54, 1.807) is 0 Å². The van der Waals surface area contributed by atoms with Crippen molar-refractivity contribution in [2.75, 3.05) is 0 Å². The molecule has 1 rings (SSSR count). The third kappa shape index (κ3) is 11.4. The maximum absolute atomic E-state index is 13.5. The summed E-state index contributed by atoms with van der Waals surface area (Å²) in [4.78, 5) is 0. The number of benzene rings is 1. The molecule has 2 N–H and O–H groups in total. The van der Waals surface area contributed by atoms with Gasteiger partial charge in [0.2, 0.25) is 0 Å². The van der Waals surface area contributed by atoms with Gasteiger partial charge in [-0.15, -0.1) is 6.58 Å². The minimum atomic E-state index is -0.402. The van der Waals surface area contributed by atoms with E-state index in [2.05, 4.69) is 48.1 Å². The lowest BCUT2D eigenvalue weighted by atomic mass is 9.87. The Balaban J connectivity index is 0.000000660. The second kappa shape index (κ2) is 12.2. The second-order valence-electron chi connectivity index (χ2n) is 8.64. The molecule has 0 saturated carbocycles.